The fourth-order valence-electron chi connectivity index (χ4n) is 1.48. The summed E-state index contributed by atoms with van der Waals surface area (Å²) >= 11 is 0.496. The van der Waals surface area contributed by atoms with Gasteiger partial charge in [-0.05, 0) is 0 Å². The molecule has 0 aliphatic carbocycles. The molecule has 0 aliphatic heterocycles. The molecule has 0 aliphatic rings. The van der Waals surface area contributed by atoms with Gasteiger partial charge in [0.15, 0.2) is 0 Å². The van der Waals surface area contributed by atoms with Crippen LogP contribution in [0.15, 0.2) is 41.3 Å². The van der Waals surface area contributed by atoms with Crippen LogP contribution in [0.3, 0.4) is 0 Å². The molecule has 0 saturated heterocycles. The molecule has 1 heterocycles. The molecule has 0 bridgehead atoms. The molecule has 1 aromatic carbocycles. The third-order valence-corrected chi connectivity index (χ3v) is 3.93. The maximum atomic E-state index is 11.5. The van der Waals surface area contributed by atoms with Crippen LogP contribution < -0.4 is 14.9 Å². The molecule has 4 nitrogen and oxygen atoms in total. The number of hydrogen-bond donors (Lipinski definition) is 0. The molecule has 0 N–H and O–H groups in total. The molecule has 0 radical (unpaired) electrons. The number of aromatic nitrogens is 2. The van der Waals surface area contributed by atoms with Crippen molar-refractivity contribution in [2.45, 2.75) is 5.82 Å². The first-order valence-electron chi connectivity index (χ1n) is 5.03. The van der Waals surface area contributed by atoms with E-state index in [-0.39, 0.29) is 5.56 Å². The summed E-state index contributed by atoms with van der Waals surface area (Å²) in [7, 11) is 1.41. The van der Waals surface area contributed by atoms with Crippen molar-refractivity contribution in [1.82, 2.24) is 9.94 Å². The van der Waals surface area contributed by atoms with Crippen molar-refractivity contribution >= 4 is 19.4 Å². The van der Waals surface area contributed by atoms with Crippen molar-refractivity contribution in [3.63, 3.8) is 0 Å². The zero-order valence-electron chi connectivity index (χ0n) is 9.58. The van der Waals surface area contributed by atoms with Crippen LogP contribution in [0.25, 0.3) is 11.1 Å². The van der Waals surface area contributed by atoms with Gasteiger partial charge < -0.3 is 0 Å². The quantitative estimate of drug-likeness (QED) is 0.767. The summed E-state index contributed by atoms with van der Waals surface area (Å²) in [6.45, 7) is 0. The number of nitrogens with zero attached hydrogens (tertiary/aromatic N) is 2. The van der Waals surface area contributed by atoms with E-state index in [9.17, 15) is 4.79 Å². The molecule has 0 saturated carbocycles. The van der Waals surface area contributed by atoms with E-state index in [1.165, 1.54) is 17.6 Å². The Morgan fingerprint density at radius 2 is 1.94 bits per heavy atom. The standard InChI is InChI=1S/C12H12N2O2Se/c1-16-14-12(15)7-10(8-13-14)9-3-5-11(17-2)6-4-9/h3-8H,1-2H3. The van der Waals surface area contributed by atoms with E-state index in [0.29, 0.717) is 15.0 Å². The van der Waals surface area contributed by atoms with Crippen LogP contribution in [0.4, 0.5) is 0 Å². The molecule has 0 unspecified atom stereocenters. The topological polar surface area (TPSA) is 44.1 Å². The van der Waals surface area contributed by atoms with Crippen LogP contribution in [0.1, 0.15) is 0 Å². The third-order valence-electron chi connectivity index (χ3n) is 2.37. The first kappa shape index (κ1) is 11.9. The van der Waals surface area contributed by atoms with Crippen molar-refractivity contribution in [2.75, 3.05) is 7.11 Å². The number of rotatable bonds is 3. The van der Waals surface area contributed by atoms with Gasteiger partial charge in [0, 0.05) is 0 Å². The molecule has 0 spiro atoms. The van der Waals surface area contributed by atoms with Gasteiger partial charge in [0.25, 0.3) is 0 Å². The van der Waals surface area contributed by atoms with Gasteiger partial charge in [0.2, 0.25) is 0 Å². The Morgan fingerprint density at radius 3 is 2.47 bits per heavy atom. The zero-order valence-corrected chi connectivity index (χ0v) is 11.3. The van der Waals surface area contributed by atoms with Gasteiger partial charge in [0.05, 0.1) is 0 Å². The van der Waals surface area contributed by atoms with Gasteiger partial charge in [0.1, 0.15) is 0 Å². The SMILES string of the molecule is COn1ncc(-c2ccc([Se]C)cc2)cc1=O. The van der Waals surface area contributed by atoms with Crippen molar-refractivity contribution in [3.8, 4) is 11.1 Å². The molecule has 5 heteroatoms. The summed E-state index contributed by atoms with van der Waals surface area (Å²) in [5.41, 5.74) is 1.53. The molecule has 88 valence electrons. The van der Waals surface area contributed by atoms with Crippen LogP contribution in [-0.2, 0) is 0 Å². The molecular weight excluding hydrogens is 283 g/mol. The number of benzene rings is 1. The van der Waals surface area contributed by atoms with E-state index in [4.69, 9.17) is 4.84 Å². The average molecular weight is 295 g/mol. The van der Waals surface area contributed by atoms with Gasteiger partial charge >= 0.3 is 105 Å². The van der Waals surface area contributed by atoms with Crippen molar-refractivity contribution in [2.24, 2.45) is 0 Å². The Bertz CT molecular complexity index is 563. The van der Waals surface area contributed by atoms with Gasteiger partial charge in [-0.2, -0.15) is 0 Å². The molecule has 1 aromatic heterocycles. The fraction of sp³-hybridized carbons (Fsp3) is 0.167. The Labute approximate surface area is 105 Å². The summed E-state index contributed by atoms with van der Waals surface area (Å²) in [5, 5.41) is 3.90. The van der Waals surface area contributed by atoms with Gasteiger partial charge in [-0.15, -0.1) is 0 Å². The fourth-order valence-corrected chi connectivity index (χ4v) is 2.33. The molecule has 0 fully saturated rings. The summed E-state index contributed by atoms with van der Waals surface area (Å²) in [4.78, 5) is 17.3. The summed E-state index contributed by atoms with van der Waals surface area (Å²) < 4.78 is 1.33. The summed E-state index contributed by atoms with van der Waals surface area (Å²) in [6.07, 6.45) is 1.62. The molecule has 2 rings (SSSR count). The van der Waals surface area contributed by atoms with E-state index in [0.717, 1.165) is 16.0 Å². The van der Waals surface area contributed by atoms with Crippen LogP contribution in [0, 0.1) is 0 Å². The van der Waals surface area contributed by atoms with E-state index in [1.807, 2.05) is 12.1 Å². The summed E-state index contributed by atoms with van der Waals surface area (Å²) in [6, 6.07) is 9.69. The normalized spacial score (nSPS) is 10.2. The van der Waals surface area contributed by atoms with Crippen LogP contribution in [-0.4, -0.2) is 32.0 Å². The maximum absolute atomic E-state index is 11.5. The second kappa shape index (κ2) is 5.17. The van der Waals surface area contributed by atoms with E-state index in [2.05, 4.69) is 23.1 Å². The molecular formula is C12H12N2O2Se. The molecule has 17 heavy (non-hydrogen) atoms. The van der Waals surface area contributed by atoms with Gasteiger partial charge in [-0.25, -0.2) is 0 Å². The van der Waals surface area contributed by atoms with Crippen LogP contribution in [0.5, 0.6) is 0 Å². The molecule has 2 aromatic rings. The van der Waals surface area contributed by atoms with Gasteiger partial charge in [-0.1, -0.05) is 0 Å². The Hall–Kier alpha value is -1.58. The predicted octanol–water partition coefficient (Wildman–Crippen LogP) is 0.346. The summed E-state index contributed by atoms with van der Waals surface area (Å²) in [5.74, 6) is 2.17. The average Bonchev–Trinajstić information content (AvgIpc) is 2.39. The number of hydrogen-bond acceptors (Lipinski definition) is 3. The monoisotopic (exact) mass is 296 g/mol. The first-order chi connectivity index (χ1) is 8.24. The zero-order chi connectivity index (χ0) is 12.3. The Kier molecular flexibility index (Phi) is 3.61. The predicted molar refractivity (Wildman–Crippen MR) is 67.7 cm³/mol. The van der Waals surface area contributed by atoms with Gasteiger partial charge in [-0.3, -0.25) is 0 Å². The van der Waals surface area contributed by atoms with Crippen molar-refractivity contribution in [3.05, 3.63) is 46.9 Å². The second-order valence-electron chi connectivity index (χ2n) is 3.37. The Balaban J connectivity index is 2.39. The third kappa shape index (κ3) is 2.57. The van der Waals surface area contributed by atoms with Crippen LogP contribution >= 0.6 is 0 Å². The van der Waals surface area contributed by atoms with Crippen molar-refractivity contribution in [1.29, 1.82) is 0 Å². The molecule has 0 amide bonds. The van der Waals surface area contributed by atoms with Crippen molar-refractivity contribution < 1.29 is 4.84 Å². The van der Waals surface area contributed by atoms with E-state index < -0.39 is 0 Å². The van der Waals surface area contributed by atoms with Crippen LogP contribution in [0.2, 0.25) is 5.82 Å². The van der Waals surface area contributed by atoms with E-state index >= 15 is 0 Å². The minimum absolute atomic E-state index is 0.270. The minimum atomic E-state index is -0.270. The molecule has 0 atom stereocenters. The Morgan fingerprint density at radius 1 is 1.24 bits per heavy atom. The van der Waals surface area contributed by atoms with E-state index in [1.54, 1.807) is 6.20 Å². The first-order valence-corrected chi connectivity index (χ1v) is 7.60. The second-order valence-corrected chi connectivity index (χ2v) is 5.21.